The van der Waals surface area contributed by atoms with Crippen molar-refractivity contribution in [3.05, 3.63) is 70.7 Å². The third kappa shape index (κ3) is 5.94. The zero-order chi connectivity index (χ0) is 22.2. The van der Waals surface area contributed by atoms with Gasteiger partial charge in [0.15, 0.2) is 0 Å². The van der Waals surface area contributed by atoms with E-state index in [0.717, 1.165) is 60.4 Å². The van der Waals surface area contributed by atoms with E-state index in [2.05, 4.69) is 33.4 Å². The lowest BCUT2D eigenvalue weighted by atomic mass is 10.1. The Kier molecular flexibility index (Phi) is 7.87. The monoisotopic (exact) mass is 451 g/mol. The summed E-state index contributed by atoms with van der Waals surface area (Å²) in [7, 11) is 0. The maximum absolute atomic E-state index is 12.6. The Morgan fingerprint density at radius 3 is 2.69 bits per heavy atom. The van der Waals surface area contributed by atoms with Gasteiger partial charge in [0.25, 0.3) is 0 Å². The normalized spacial score (nSPS) is 14.3. The first kappa shape index (κ1) is 22.5. The minimum atomic E-state index is -0.0267. The average Bonchev–Trinajstić information content (AvgIpc) is 3.28. The molecule has 0 unspecified atom stereocenters. The third-order valence-electron chi connectivity index (χ3n) is 5.40. The molecule has 1 amide bonds. The zero-order valence-electron chi connectivity index (χ0n) is 18.4. The first-order valence-corrected chi connectivity index (χ1v) is 11.9. The van der Waals surface area contributed by atoms with E-state index < -0.39 is 0 Å². The Hall–Kier alpha value is -2.74. The standard InChI is InChI=1S/C25H29N3O3S/c1-2-31-23-10-6-5-9-22(23)25-27-21(18-32-25)15-24(29)26-16-19-7-3-4-8-20(19)17-28-11-13-30-14-12-28/h3-10,18H,2,11-17H2,1H3,(H,26,29). The van der Waals surface area contributed by atoms with Gasteiger partial charge in [0, 0.05) is 31.6 Å². The van der Waals surface area contributed by atoms with Crippen LogP contribution in [0.4, 0.5) is 0 Å². The molecule has 0 atom stereocenters. The number of morpholine rings is 1. The molecule has 1 aromatic heterocycles. The molecule has 0 spiro atoms. The molecule has 168 valence electrons. The van der Waals surface area contributed by atoms with Crippen molar-refractivity contribution in [2.24, 2.45) is 0 Å². The second-order valence-corrected chi connectivity index (χ2v) is 8.54. The molecule has 1 aliphatic rings. The molecule has 4 rings (SSSR count). The second kappa shape index (κ2) is 11.2. The fourth-order valence-electron chi connectivity index (χ4n) is 3.74. The second-order valence-electron chi connectivity index (χ2n) is 7.68. The smallest absolute Gasteiger partial charge is 0.226 e. The lowest BCUT2D eigenvalue weighted by Crippen LogP contribution is -2.36. The number of hydrogen-bond acceptors (Lipinski definition) is 6. The molecule has 2 heterocycles. The first-order valence-electron chi connectivity index (χ1n) is 11.0. The van der Waals surface area contributed by atoms with Crippen molar-refractivity contribution in [1.82, 2.24) is 15.2 Å². The molecule has 3 aromatic rings. The maximum Gasteiger partial charge on any atom is 0.226 e. The van der Waals surface area contributed by atoms with Gasteiger partial charge in [0.2, 0.25) is 5.91 Å². The van der Waals surface area contributed by atoms with Crippen LogP contribution in [-0.2, 0) is 29.0 Å². The van der Waals surface area contributed by atoms with Crippen LogP contribution in [0.15, 0.2) is 53.9 Å². The fraction of sp³-hybridized carbons (Fsp3) is 0.360. The van der Waals surface area contributed by atoms with E-state index in [0.29, 0.717) is 13.2 Å². The van der Waals surface area contributed by atoms with E-state index in [9.17, 15) is 4.79 Å². The number of carbonyl (C=O) groups is 1. The van der Waals surface area contributed by atoms with Gasteiger partial charge in [0.1, 0.15) is 10.8 Å². The Morgan fingerprint density at radius 2 is 1.88 bits per heavy atom. The number of thiazole rings is 1. The number of para-hydroxylation sites is 1. The van der Waals surface area contributed by atoms with Gasteiger partial charge in [-0.3, -0.25) is 9.69 Å². The molecular weight excluding hydrogens is 422 g/mol. The predicted octanol–water partition coefficient (Wildman–Crippen LogP) is 3.90. The Balaban J connectivity index is 1.35. The number of nitrogens with one attached hydrogen (secondary N) is 1. The highest BCUT2D eigenvalue weighted by atomic mass is 32.1. The third-order valence-corrected chi connectivity index (χ3v) is 6.33. The number of carbonyl (C=O) groups excluding carboxylic acids is 1. The van der Waals surface area contributed by atoms with Crippen molar-refractivity contribution in [1.29, 1.82) is 0 Å². The molecule has 0 radical (unpaired) electrons. The Labute approximate surface area is 193 Å². The van der Waals surface area contributed by atoms with Gasteiger partial charge >= 0.3 is 0 Å². The van der Waals surface area contributed by atoms with Gasteiger partial charge in [-0.25, -0.2) is 4.98 Å². The molecule has 6 nitrogen and oxygen atoms in total. The molecule has 7 heteroatoms. The van der Waals surface area contributed by atoms with Crippen molar-refractivity contribution in [3.8, 4) is 16.3 Å². The molecule has 2 aromatic carbocycles. The molecule has 32 heavy (non-hydrogen) atoms. The van der Waals surface area contributed by atoms with Crippen LogP contribution in [0.3, 0.4) is 0 Å². The summed E-state index contributed by atoms with van der Waals surface area (Å²) in [5, 5.41) is 5.88. The molecular formula is C25H29N3O3S. The van der Waals surface area contributed by atoms with Gasteiger partial charge in [-0.2, -0.15) is 0 Å². The Bertz CT molecular complexity index is 1030. The largest absolute Gasteiger partial charge is 0.493 e. The Morgan fingerprint density at radius 1 is 1.12 bits per heavy atom. The van der Waals surface area contributed by atoms with Crippen LogP contribution in [0.2, 0.25) is 0 Å². The molecule has 0 aliphatic carbocycles. The van der Waals surface area contributed by atoms with Crippen LogP contribution in [0, 0.1) is 0 Å². The van der Waals surface area contributed by atoms with Gasteiger partial charge in [-0.1, -0.05) is 36.4 Å². The van der Waals surface area contributed by atoms with E-state index in [4.69, 9.17) is 9.47 Å². The molecule has 1 fully saturated rings. The van der Waals surface area contributed by atoms with Crippen LogP contribution >= 0.6 is 11.3 Å². The summed E-state index contributed by atoms with van der Waals surface area (Å²) in [4.78, 5) is 19.7. The van der Waals surface area contributed by atoms with Gasteiger partial charge in [-0.15, -0.1) is 11.3 Å². The number of amides is 1. The van der Waals surface area contributed by atoms with E-state index >= 15 is 0 Å². The lowest BCUT2D eigenvalue weighted by molar-refractivity contribution is -0.120. The molecule has 0 bridgehead atoms. The van der Waals surface area contributed by atoms with Crippen molar-refractivity contribution in [3.63, 3.8) is 0 Å². The topological polar surface area (TPSA) is 63.7 Å². The van der Waals surface area contributed by atoms with Crippen LogP contribution < -0.4 is 10.1 Å². The zero-order valence-corrected chi connectivity index (χ0v) is 19.2. The minimum Gasteiger partial charge on any atom is -0.493 e. The summed E-state index contributed by atoms with van der Waals surface area (Å²) in [5.74, 6) is 0.790. The number of ether oxygens (including phenoxy) is 2. The van der Waals surface area contributed by atoms with Crippen molar-refractivity contribution < 1.29 is 14.3 Å². The summed E-state index contributed by atoms with van der Waals surface area (Å²) >= 11 is 1.53. The summed E-state index contributed by atoms with van der Waals surface area (Å²) in [5.41, 5.74) is 4.13. The highest BCUT2D eigenvalue weighted by Gasteiger charge is 2.15. The van der Waals surface area contributed by atoms with Crippen molar-refractivity contribution in [2.75, 3.05) is 32.9 Å². The average molecular weight is 452 g/mol. The van der Waals surface area contributed by atoms with E-state index in [-0.39, 0.29) is 12.3 Å². The van der Waals surface area contributed by atoms with Gasteiger partial charge in [-0.05, 0) is 30.2 Å². The van der Waals surface area contributed by atoms with Crippen LogP contribution in [0.1, 0.15) is 23.7 Å². The van der Waals surface area contributed by atoms with Crippen LogP contribution in [-0.4, -0.2) is 48.7 Å². The van der Waals surface area contributed by atoms with Gasteiger partial charge in [0.05, 0.1) is 37.5 Å². The molecule has 1 N–H and O–H groups in total. The van der Waals surface area contributed by atoms with E-state index in [1.54, 1.807) is 0 Å². The minimum absolute atomic E-state index is 0.0267. The van der Waals surface area contributed by atoms with Crippen LogP contribution in [0.5, 0.6) is 5.75 Å². The van der Waals surface area contributed by atoms with Crippen molar-refractivity contribution >= 4 is 17.2 Å². The van der Waals surface area contributed by atoms with Gasteiger partial charge < -0.3 is 14.8 Å². The van der Waals surface area contributed by atoms with Crippen molar-refractivity contribution in [2.45, 2.75) is 26.4 Å². The summed E-state index contributed by atoms with van der Waals surface area (Å²) in [6.07, 6.45) is 0.263. The summed E-state index contributed by atoms with van der Waals surface area (Å²) in [6, 6.07) is 16.2. The van der Waals surface area contributed by atoms with E-state index in [1.807, 2.05) is 42.6 Å². The molecule has 0 saturated carbocycles. The highest BCUT2D eigenvalue weighted by molar-refractivity contribution is 7.13. The number of rotatable bonds is 9. The SMILES string of the molecule is CCOc1ccccc1-c1nc(CC(=O)NCc2ccccc2CN2CCOCC2)cs1. The predicted molar refractivity (Wildman–Crippen MR) is 127 cm³/mol. The van der Waals surface area contributed by atoms with E-state index in [1.165, 1.54) is 16.9 Å². The fourth-order valence-corrected chi connectivity index (χ4v) is 4.59. The molecule has 1 saturated heterocycles. The number of benzene rings is 2. The lowest BCUT2D eigenvalue weighted by Gasteiger charge is -2.27. The quantitative estimate of drug-likeness (QED) is 0.535. The number of aromatic nitrogens is 1. The van der Waals surface area contributed by atoms with Crippen LogP contribution in [0.25, 0.3) is 10.6 Å². The maximum atomic E-state index is 12.6. The highest BCUT2D eigenvalue weighted by Crippen LogP contribution is 2.32. The number of nitrogens with zero attached hydrogens (tertiary/aromatic N) is 2. The number of hydrogen-bond donors (Lipinski definition) is 1. The first-order chi connectivity index (χ1) is 15.7. The summed E-state index contributed by atoms with van der Waals surface area (Å²) in [6.45, 7) is 7.41. The molecule has 1 aliphatic heterocycles. The summed E-state index contributed by atoms with van der Waals surface area (Å²) < 4.78 is 11.2.